The lowest BCUT2D eigenvalue weighted by atomic mass is 9.87. The molecule has 158 valence electrons. The maximum atomic E-state index is 12.2. The molecule has 7 heteroatoms. The maximum absolute atomic E-state index is 12.2. The van der Waals surface area contributed by atoms with Crippen LogP contribution < -0.4 is 16.0 Å². The van der Waals surface area contributed by atoms with Crippen LogP contribution in [0.25, 0.3) is 0 Å². The van der Waals surface area contributed by atoms with Crippen LogP contribution in [-0.2, 0) is 10.2 Å². The summed E-state index contributed by atoms with van der Waals surface area (Å²) in [5.74, 6) is 1.33. The Hall–Kier alpha value is -2.67. The number of aromatic nitrogens is 2. The minimum Gasteiger partial charge on any atom is -0.374 e. The molecule has 1 aromatic heterocycles. The normalized spacial score (nSPS) is 12.3. The number of hydrogen-bond acceptors (Lipinski definition) is 6. The van der Waals surface area contributed by atoms with Crippen LogP contribution in [0, 0.1) is 0 Å². The Morgan fingerprint density at radius 1 is 1.10 bits per heavy atom. The number of aliphatic hydroxyl groups is 1. The highest BCUT2D eigenvalue weighted by atomic mass is 16.3. The van der Waals surface area contributed by atoms with Crippen LogP contribution in [0.3, 0.4) is 0 Å². The van der Waals surface area contributed by atoms with E-state index in [1.165, 1.54) is 11.9 Å². The van der Waals surface area contributed by atoms with Crippen LogP contribution in [0.5, 0.6) is 0 Å². The topological polar surface area (TPSA) is 99.2 Å². The molecule has 2 aromatic rings. The van der Waals surface area contributed by atoms with Gasteiger partial charge in [0, 0.05) is 24.7 Å². The number of carbonyl (C=O) groups excluding carboxylic acids is 1. The predicted octanol–water partition coefficient (Wildman–Crippen LogP) is 4.14. The van der Waals surface area contributed by atoms with Gasteiger partial charge in [-0.25, -0.2) is 9.97 Å². The molecule has 1 amide bonds. The van der Waals surface area contributed by atoms with E-state index in [1.807, 2.05) is 18.2 Å². The Bertz CT molecular complexity index is 787. The molecule has 0 aliphatic rings. The second-order valence-corrected chi connectivity index (χ2v) is 8.23. The summed E-state index contributed by atoms with van der Waals surface area (Å²) in [5.41, 5.74) is 2.12. The molecule has 1 aromatic carbocycles. The highest BCUT2D eigenvalue weighted by Crippen LogP contribution is 2.24. The molecule has 0 radical (unpaired) electrons. The molecule has 2 rings (SSSR count). The van der Waals surface area contributed by atoms with Gasteiger partial charge in [-0.1, -0.05) is 39.3 Å². The third kappa shape index (κ3) is 8.48. The van der Waals surface area contributed by atoms with Gasteiger partial charge in [-0.05, 0) is 42.9 Å². The fourth-order valence-electron chi connectivity index (χ4n) is 2.84. The Balaban J connectivity index is 1.65. The van der Waals surface area contributed by atoms with E-state index in [0.29, 0.717) is 18.1 Å². The van der Waals surface area contributed by atoms with E-state index >= 15 is 0 Å². The smallest absolute Gasteiger partial charge is 0.224 e. The van der Waals surface area contributed by atoms with Crippen molar-refractivity contribution in [3.63, 3.8) is 0 Å². The van der Waals surface area contributed by atoms with Crippen molar-refractivity contribution in [2.75, 3.05) is 22.5 Å². The van der Waals surface area contributed by atoms with Gasteiger partial charge in [0.15, 0.2) is 0 Å². The molecule has 1 unspecified atom stereocenters. The van der Waals surface area contributed by atoms with Gasteiger partial charge in [0.25, 0.3) is 0 Å². The van der Waals surface area contributed by atoms with Gasteiger partial charge < -0.3 is 21.1 Å². The number of nitrogens with zero attached hydrogens (tertiary/aromatic N) is 2. The lowest BCUT2D eigenvalue weighted by molar-refractivity contribution is -0.116. The summed E-state index contributed by atoms with van der Waals surface area (Å²) in [7, 11) is 0. The molecule has 1 heterocycles. The molecule has 7 nitrogen and oxygen atoms in total. The number of hydrogen-bond donors (Lipinski definition) is 4. The van der Waals surface area contributed by atoms with Gasteiger partial charge in [-0.15, -0.1) is 0 Å². The quantitative estimate of drug-likeness (QED) is 0.354. The summed E-state index contributed by atoms with van der Waals surface area (Å²) in [4.78, 5) is 20.4. The molecule has 0 bridgehead atoms. The zero-order chi connectivity index (χ0) is 21.3. The monoisotopic (exact) mass is 399 g/mol. The second-order valence-electron chi connectivity index (χ2n) is 8.23. The average Bonchev–Trinajstić information content (AvgIpc) is 2.64. The summed E-state index contributed by atoms with van der Waals surface area (Å²) in [6.45, 7) is 8.88. The van der Waals surface area contributed by atoms with Crippen LogP contribution in [0.4, 0.5) is 17.3 Å². The van der Waals surface area contributed by atoms with Crippen molar-refractivity contribution in [2.45, 2.75) is 65.0 Å². The zero-order valence-corrected chi connectivity index (χ0v) is 17.8. The molecule has 0 aliphatic heterocycles. The third-order valence-corrected chi connectivity index (χ3v) is 4.42. The van der Waals surface area contributed by atoms with Crippen molar-refractivity contribution < 1.29 is 9.90 Å². The SMILES string of the molecule is CC(O)Nc1cc(NCCCCCC(=O)Nc2cccc(C(C)(C)C)c2)ncn1. The van der Waals surface area contributed by atoms with Crippen molar-refractivity contribution in [1.82, 2.24) is 9.97 Å². The molecule has 29 heavy (non-hydrogen) atoms. The summed E-state index contributed by atoms with van der Waals surface area (Å²) in [6.07, 6.45) is 4.02. The van der Waals surface area contributed by atoms with E-state index in [1.54, 1.807) is 13.0 Å². The molecule has 0 aliphatic carbocycles. The highest BCUT2D eigenvalue weighted by Gasteiger charge is 2.14. The van der Waals surface area contributed by atoms with Gasteiger partial charge >= 0.3 is 0 Å². The molecule has 0 fully saturated rings. The minimum absolute atomic E-state index is 0.0497. The molecule has 4 N–H and O–H groups in total. The van der Waals surface area contributed by atoms with E-state index in [2.05, 4.69) is 52.8 Å². The molecular formula is C22H33N5O2. The lowest BCUT2D eigenvalue weighted by Crippen LogP contribution is -2.15. The number of carbonyl (C=O) groups is 1. The Morgan fingerprint density at radius 2 is 1.86 bits per heavy atom. The third-order valence-electron chi connectivity index (χ3n) is 4.42. The fourth-order valence-corrected chi connectivity index (χ4v) is 2.84. The van der Waals surface area contributed by atoms with E-state index in [4.69, 9.17) is 0 Å². The Morgan fingerprint density at radius 3 is 2.59 bits per heavy atom. The zero-order valence-electron chi connectivity index (χ0n) is 17.8. The molecule has 0 saturated carbocycles. The standard InChI is InChI=1S/C22H33N5O2/c1-16(28)26-20-14-19(24-15-25-20)23-12-7-5-6-11-21(29)27-18-10-8-9-17(13-18)22(2,3)4/h8-10,13-16,28H,5-7,11-12H2,1-4H3,(H,27,29)(H2,23,24,25,26). The molecule has 0 saturated heterocycles. The maximum Gasteiger partial charge on any atom is 0.224 e. The second kappa shape index (κ2) is 10.8. The first-order valence-corrected chi connectivity index (χ1v) is 10.1. The lowest BCUT2D eigenvalue weighted by Gasteiger charge is -2.19. The van der Waals surface area contributed by atoms with Crippen LogP contribution in [0.15, 0.2) is 36.7 Å². The molecular weight excluding hydrogens is 366 g/mol. The van der Waals surface area contributed by atoms with Gasteiger partial charge in [0.1, 0.15) is 24.2 Å². The van der Waals surface area contributed by atoms with E-state index in [-0.39, 0.29) is 11.3 Å². The van der Waals surface area contributed by atoms with Crippen LogP contribution in [-0.4, -0.2) is 33.8 Å². The van der Waals surface area contributed by atoms with Gasteiger partial charge in [0.2, 0.25) is 5.91 Å². The average molecular weight is 400 g/mol. The molecule has 1 atom stereocenters. The highest BCUT2D eigenvalue weighted by molar-refractivity contribution is 5.90. The van der Waals surface area contributed by atoms with Crippen molar-refractivity contribution in [3.8, 4) is 0 Å². The van der Waals surface area contributed by atoms with E-state index in [9.17, 15) is 9.90 Å². The predicted molar refractivity (Wildman–Crippen MR) is 118 cm³/mol. The number of anilines is 3. The van der Waals surface area contributed by atoms with Crippen LogP contribution in [0.1, 0.15) is 58.9 Å². The number of aliphatic hydroxyl groups excluding tert-OH is 1. The van der Waals surface area contributed by atoms with Crippen molar-refractivity contribution in [2.24, 2.45) is 0 Å². The largest absolute Gasteiger partial charge is 0.374 e. The number of nitrogens with one attached hydrogen (secondary N) is 3. The first-order valence-electron chi connectivity index (χ1n) is 10.1. The number of amides is 1. The van der Waals surface area contributed by atoms with Gasteiger partial charge in [-0.2, -0.15) is 0 Å². The first-order chi connectivity index (χ1) is 13.7. The first kappa shape index (κ1) is 22.6. The fraction of sp³-hybridized carbons (Fsp3) is 0.500. The van der Waals surface area contributed by atoms with Gasteiger partial charge in [-0.3, -0.25) is 4.79 Å². The molecule has 0 spiro atoms. The van der Waals surface area contributed by atoms with Crippen LogP contribution >= 0.6 is 0 Å². The Labute approximate surface area is 173 Å². The van der Waals surface area contributed by atoms with Crippen molar-refractivity contribution in [3.05, 3.63) is 42.2 Å². The minimum atomic E-state index is -0.667. The van der Waals surface area contributed by atoms with Crippen LogP contribution in [0.2, 0.25) is 0 Å². The van der Waals surface area contributed by atoms with Crippen molar-refractivity contribution in [1.29, 1.82) is 0 Å². The summed E-state index contributed by atoms with van der Waals surface area (Å²) in [6, 6.07) is 9.80. The van der Waals surface area contributed by atoms with E-state index < -0.39 is 6.23 Å². The summed E-state index contributed by atoms with van der Waals surface area (Å²) >= 11 is 0. The number of benzene rings is 1. The van der Waals surface area contributed by atoms with Crippen molar-refractivity contribution >= 4 is 23.2 Å². The van der Waals surface area contributed by atoms with Gasteiger partial charge in [0.05, 0.1) is 0 Å². The number of unbranched alkanes of at least 4 members (excludes halogenated alkanes) is 2. The Kier molecular flexibility index (Phi) is 8.39. The summed E-state index contributed by atoms with van der Waals surface area (Å²) in [5, 5.41) is 18.4. The van der Waals surface area contributed by atoms with E-state index in [0.717, 1.165) is 31.5 Å². The number of rotatable bonds is 10. The summed E-state index contributed by atoms with van der Waals surface area (Å²) < 4.78 is 0.